The van der Waals surface area contributed by atoms with Gasteiger partial charge >= 0.3 is 0 Å². The second-order valence-corrected chi connectivity index (χ2v) is 6.38. The first-order valence-electron chi connectivity index (χ1n) is 7.93. The zero-order valence-electron chi connectivity index (χ0n) is 12.9. The van der Waals surface area contributed by atoms with Crippen molar-refractivity contribution in [2.45, 2.75) is 31.2 Å². The summed E-state index contributed by atoms with van der Waals surface area (Å²) in [7, 11) is 0. The van der Waals surface area contributed by atoms with Crippen molar-refractivity contribution in [3.8, 4) is 5.75 Å². The SMILES string of the molecule is O=C(COc1ccc(Cl)cc1)NC1(c2ccccc2)CCCC1. The first-order chi connectivity index (χ1) is 11.2. The van der Waals surface area contributed by atoms with Crippen molar-refractivity contribution in [3.05, 3.63) is 65.2 Å². The molecule has 0 aromatic heterocycles. The summed E-state index contributed by atoms with van der Waals surface area (Å²) in [4.78, 5) is 12.4. The molecular formula is C19H20ClNO2. The molecule has 120 valence electrons. The van der Waals surface area contributed by atoms with Gasteiger partial charge in [-0.15, -0.1) is 0 Å². The number of amides is 1. The summed E-state index contributed by atoms with van der Waals surface area (Å²) in [6, 6.07) is 17.2. The van der Waals surface area contributed by atoms with Crippen LogP contribution in [-0.2, 0) is 10.3 Å². The number of hydrogen-bond acceptors (Lipinski definition) is 2. The van der Waals surface area contributed by atoms with Crippen molar-refractivity contribution < 1.29 is 9.53 Å². The molecule has 3 rings (SSSR count). The van der Waals surface area contributed by atoms with Gasteiger partial charge in [0, 0.05) is 5.02 Å². The van der Waals surface area contributed by atoms with Gasteiger partial charge in [0.2, 0.25) is 0 Å². The lowest BCUT2D eigenvalue weighted by Crippen LogP contribution is -2.45. The third-order valence-corrected chi connectivity index (χ3v) is 4.60. The lowest BCUT2D eigenvalue weighted by molar-refractivity contribution is -0.125. The normalized spacial score (nSPS) is 16.0. The summed E-state index contributed by atoms with van der Waals surface area (Å²) in [5, 5.41) is 3.85. The standard InChI is InChI=1S/C19H20ClNO2/c20-16-8-10-17(11-9-16)23-14-18(22)21-19(12-4-5-13-19)15-6-2-1-3-7-15/h1-3,6-11H,4-5,12-14H2,(H,21,22). The molecule has 4 heteroatoms. The molecule has 0 saturated heterocycles. The van der Waals surface area contributed by atoms with Gasteiger partial charge in [0.1, 0.15) is 5.75 Å². The summed E-state index contributed by atoms with van der Waals surface area (Å²) < 4.78 is 5.54. The van der Waals surface area contributed by atoms with Crippen LogP contribution in [0.1, 0.15) is 31.2 Å². The van der Waals surface area contributed by atoms with Gasteiger partial charge in [0.05, 0.1) is 5.54 Å². The average Bonchev–Trinajstić information content (AvgIpc) is 3.05. The molecule has 1 aliphatic carbocycles. The van der Waals surface area contributed by atoms with Crippen LogP contribution >= 0.6 is 11.6 Å². The third kappa shape index (κ3) is 3.85. The summed E-state index contributed by atoms with van der Waals surface area (Å²) in [5.74, 6) is 0.551. The van der Waals surface area contributed by atoms with Gasteiger partial charge in [-0.2, -0.15) is 0 Å². The van der Waals surface area contributed by atoms with Gasteiger partial charge in [-0.1, -0.05) is 54.8 Å². The number of halogens is 1. The summed E-state index contributed by atoms with van der Waals surface area (Å²) in [6.45, 7) is 0.0101. The van der Waals surface area contributed by atoms with Gasteiger partial charge in [-0.05, 0) is 42.7 Å². The van der Waals surface area contributed by atoms with Crippen LogP contribution in [0.4, 0.5) is 0 Å². The van der Waals surface area contributed by atoms with E-state index in [1.54, 1.807) is 24.3 Å². The number of ether oxygens (including phenoxy) is 1. The highest BCUT2D eigenvalue weighted by Gasteiger charge is 2.36. The predicted octanol–water partition coefficient (Wildman–Crippen LogP) is 4.30. The maximum absolute atomic E-state index is 12.4. The molecule has 0 atom stereocenters. The topological polar surface area (TPSA) is 38.3 Å². The quantitative estimate of drug-likeness (QED) is 0.888. The van der Waals surface area contributed by atoms with Crippen molar-refractivity contribution in [3.63, 3.8) is 0 Å². The van der Waals surface area contributed by atoms with E-state index in [4.69, 9.17) is 16.3 Å². The molecular weight excluding hydrogens is 310 g/mol. The zero-order valence-corrected chi connectivity index (χ0v) is 13.7. The van der Waals surface area contributed by atoms with Crippen LogP contribution in [0, 0.1) is 0 Å². The fourth-order valence-electron chi connectivity index (χ4n) is 3.20. The Kier molecular flexibility index (Phi) is 4.87. The molecule has 1 N–H and O–H groups in total. The number of nitrogens with one attached hydrogen (secondary N) is 1. The molecule has 0 unspecified atom stereocenters. The van der Waals surface area contributed by atoms with Crippen molar-refractivity contribution in [1.82, 2.24) is 5.32 Å². The van der Waals surface area contributed by atoms with Crippen molar-refractivity contribution in [1.29, 1.82) is 0 Å². The Morgan fingerprint density at radius 1 is 1.04 bits per heavy atom. The Morgan fingerprint density at radius 3 is 2.35 bits per heavy atom. The predicted molar refractivity (Wildman–Crippen MR) is 91.7 cm³/mol. The Balaban J connectivity index is 1.64. The molecule has 0 spiro atoms. The van der Waals surface area contributed by atoms with Gasteiger partial charge in [0.25, 0.3) is 5.91 Å². The maximum atomic E-state index is 12.4. The number of hydrogen-bond donors (Lipinski definition) is 1. The van der Waals surface area contributed by atoms with E-state index >= 15 is 0 Å². The largest absolute Gasteiger partial charge is 0.484 e. The van der Waals surface area contributed by atoms with E-state index in [0.717, 1.165) is 25.7 Å². The Morgan fingerprint density at radius 2 is 1.70 bits per heavy atom. The highest BCUT2D eigenvalue weighted by atomic mass is 35.5. The first kappa shape index (κ1) is 15.9. The van der Waals surface area contributed by atoms with E-state index in [1.807, 2.05) is 18.2 Å². The Bertz CT molecular complexity index is 649. The summed E-state index contributed by atoms with van der Waals surface area (Å²) >= 11 is 5.84. The van der Waals surface area contributed by atoms with Gasteiger partial charge in [-0.25, -0.2) is 0 Å². The molecule has 1 fully saturated rings. The van der Waals surface area contributed by atoms with E-state index < -0.39 is 0 Å². The molecule has 0 radical (unpaired) electrons. The van der Waals surface area contributed by atoms with Crippen LogP contribution in [0.5, 0.6) is 5.75 Å². The van der Waals surface area contributed by atoms with E-state index in [2.05, 4.69) is 17.4 Å². The first-order valence-corrected chi connectivity index (χ1v) is 8.31. The van der Waals surface area contributed by atoms with Crippen molar-refractivity contribution >= 4 is 17.5 Å². The fourth-order valence-corrected chi connectivity index (χ4v) is 3.33. The van der Waals surface area contributed by atoms with Crippen LogP contribution in [-0.4, -0.2) is 12.5 Å². The molecule has 0 aliphatic heterocycles. The number of carbonyl (C=O) groups excluding carboxylic acids is 1. The van der Waals surface area contributed by atoms with Gasteiger partial charge in [0.15, 0.2) is 6.61 Å². The van der Waals surface area contributed by atoms with Crippen LogP contribution in [0.2, 0.25) is 5.02 Å². The van der Waals surface area contributed by atoms with Crippen LogP contribution in [0.3, 0.4) is 0 Å². The molecule has 0 bridgehead atoms. The highest BCUT2D eigenvalue weighted by molar-refractivity contribution is 6.30. The summed E-state index contributed by atoms with van der Waals surface area (Å²) in [5.41, 5.74) is 0.930. The zero-order chi connectivity index (χ0) is 16.1. The molecule has 23 heavy (non-hydrogen) atoms. The average molecular weight is 330 g/mol. The maximum Gasteiger partial charge on any atom is 0.258 e. The van der Waals surface area contributed by atoms with E-state index in [-0.39, 0.29) is 18.1 Å². The fraction of sp³-hybridized carbons (Fsp3) is 0.316. The minimum Gasteiger partial charge on any atom is -0.484 e. The van der Waals surface area contributed by atoms with Crippen molar-refractivity contribution in [2.75, 3.05) is 6.61 Å². The minimum absolute atomic E-state index is 0.0101. The van der Waals surface area contributed by atoms with Crippen LogP contribution in [0.25, 0.3) is 0 Å². The smallest absolute Gasteiger partial charge is 0.258 e. The second-order valence-electron chi connectivity index (χ2n) is 5.95. The molecule has 1 saturated carbocycles. The molecule has 1 aliphatic rings. The number of carbonyl (C=O) groups is 1. The van der Waals surface area contributed by atoms with E-state index in [1.165, 1.54) is 5.56 Å². The third-order valence-electron chi connectivity index (χ3n) is 4.35. The molecule has 1 amide bonds. The van der Waals surface area contributed by atoms with Gasteiger partial charge < -0.3 is 10.1 Å². The Hall–Kier alpha value is -2.00. The van der Waals surface area contributed by atoms with E-state index in [0.29, 0.717) is 10.8 Å². The minimum atomic E-state index is -0.248. The monoisotopic (exact) mass is 329 g/mol. The lowest BCUT2D eigenvalue weighted by atomic mass is 9.88. The van der Waals surface area contributed by atoms with E-state index in [9.17, 15) is 4.79 Å². The molecule has 3 nitrogen and oxygen atoms in total. The molecule has 0 heterocycles. The highest BCUT2D eigenvalue weighted by Crippen LogP contribution is 2.38. The van der Waals surface area contributed by atoms with Crippen LogP contribution < -0.4 is 10.1 Å². The molecule has 2 aromatic carbocycles. The number of benzene rings is 2. The summed E-state index contributed by atoms with van der Waals surface area (Å²) in [6.07, 6.45) is 4.22. The van der Waals surface area contributed by atoms with Crippen molar-refractivity contribution in [2.24, 2.45) is 0 Å². The second kappa shape index (κ2) is 7.05. The molecule has 2 aromatic rings. The lowest BCUT2D eigenvalue weighted by Gasteiger charge is -2.31. The van der Waals surface area contributed by atoms with Crippen LogP contribution in [0.15, 0.2) is 54.6 Å². The Labute approximate surface area is 141 Å². The number of rotatable bonds is 5. The van der Waals surface area contributed by atoms with Gasteiger partial charge in [-0.3, -0.25) is 4.79 Å².